The average Bonchev–Trinajstić information content (AvgIpc) is 2.63. The average molecular weight is 309 g/mol. The van der Waals surface area contributed by atoms with Crippen molar-refractivity contribution >= 4 is 0 Å². The van der Waals surface area contributed by atoms with Gasteiger partial charge in [-0.3, -0.25) is 4.90 Å². The maximum Gasteiger partial charge on any atom is 0.0610 e. The van der Waals surface area contributed by atoms with Crippen molar-refractivity contribution in [3.05, 3.63) is 71.8 Å². The maximum absolute atomic E-state index is 9.67. The van der Waals surface area contributed by atoms with Crippen LogP contribution in [0.2, 0.25) is 0 Å². The summed E-state index contributed by atoms with van der Waals surface area (Å²) in [5.41, 5.74) is 2.77. The molecule has 2 aromatic rings. The lowest BCUT2D eigenvalue weighted by Gasteiger charge is -2.47. The molecule has 3 rings (SSSR count). The summed E-state index contributed by atoms with van der Waals surface area (Å²) in [6.07, 6.45) is 2.18. The molecular formula is C21H27NO. The van der Waals surface area contributed by atoms with Gasteiger partial charge >= 0.3 is 0 Å². The van der Waals surface area contributed by atoms with Crippen LogP contribution in [0.3, 0.4) is 0 Å². The summed E-state index contributed by atoms with van der Waals surface area (Å²) in [5.74, 6) is 0. The van der Waals surface area contributed by atoms with E-state index in [0.29, 0.717) is 0 Å². The quantitative estimate of drug-likeness (QED) is 0.927. The molecule has 0 amide bonds. The third-order valence-corrected chi connectivity index (χ3v) is 5.51. The SMILES string of the molecule is CC(C)(CO)N1CCC(c2ccccc2)(c2ccccc2)CC1. The lowest BCUT2D eigenvalue weighted by molar-refractivity contribution is 0.0284. The minimum Gasteiger partial charge on any atom is -0.394 e. The van der Waals surface area contributed by atoms with E-state index in [1.54, 1.807) is 0 Å². The number of piperidine rings is 1. The largest absolute Gasteiger partial charge is 0.394 e. The van der Waals surface area contributed by atoms with E-state index >= 15 is 0 Å². The molecule has 1 N–H and O–H groups in total. The maximum atomic E-state index is 9.67. The number of likely N-dealkylation sites (tertiary alicyclic amines) is 1. The molecule has 122 valence electrons. The van der Waals surface area contributed by atoms with Gasteiger partial charge in [0.1, 0.15) is 0 Å². The standard InChI is InChI=1S/C21H27NO/c1-20(2,17-23)22-15-13-21(14-16-22,18-9-5-3-6-10-18)19-11-7-4-8-12-19/h3-12,23H,13-17H2,1-2H3. The molecule has 0 radical (unpaired) electrons. The molecule has 0 saturated carbocycles. The number of aliphatic hydroxyl groups is 1. The predicted octanol–water partition coefficient (Wildman–Crippen LogP) is 3.84. The summed E-state index contributed by atoms with van der Waals surface area (Å²) < 4.78 is 0. The van der Waals surface area contributed by atoms with Gasteiger partial charge in [0.05, 0.1) is 6.61 Å². The Morgan fingerprint density at radius 3 is 1.70 bits per heavy atom. The van der Waals surface area contributed by atoms with E-state index in [-0.39, 0.29) is 17.6 Å². The molecule has 0 aromatic heterocycles. The molecule has 2 heteroatoms. The number of hydrogen-bond acceptors (Lipinski definition) is 2. The Morgan fingerprint density at radius 1 is 0.870 bits per heavy atom. The fourth-order valence-corrected chi connectivity index (χ4v) is 3.85. The topological polar surface area (TPSA) is 23.5 Å². The van der Waals surface area contributed by atoms with E-state index < -0.39 is 0 Å². The summed E-state index contributed by atoms with van der Waals surface area (Å²) in [6, 6.07) is 21.8. The van der Waals surface area contributed by atoms with E-state index in [4.69, 9.17) is 0 Å². The minimum atomic E-state index is -0.139. The first-order chi connectivity index (χ1) is 11.1. The van der Waals surface area contributed by atoms with Crippen molar-refractivity contribution in [1.29, 1.82) is 0 Å². The number of aliphatic hydroxyl groups excluding tert-OH is 1. The molecule has 0 unspecified atom stereocenters. The van der Waals surface area contributed by atoms with Gasteiger partial charge in [-0.25, -0.2) is 0 Å². The predicted molar refractivity (Wildman–Crippen MR) is 95.6 cm³/mol. The highest BCUT2D eigenvalue weighted by molar-refractivity contribution is 5.40. The first-order valence-electron chi connectivity index (χ1n) is 8.55. The molecule has 0 spiro atoms. The minimum absolute atomic E-state index is 0.0879. The van der Waals surface area contributed by atoms with Gasteiger partial charge in [0, 0.05) is 11.0 Å². The van der Waals surface area contributed by atoms with Gasteiger partial charge in [0.2, 0.25) is 0 Å². The van der Waals surface area contributed by atoms with E-state index in [1.807, 2.05) is 0 Å². The van der Waals surface area contributed by atoms with Gasteiger partial charge in [-0.05, 0) is 50.9 Å². The highest BCUT2D eigenvalue weighted by Gasteiger charge is 2.40. The van der Waals surface area contributed by atoms with Crippen molar-refractivity contribution in [2.75, 3.05) is 19.7 Å². The van der Waals surface area contributed by atoms with Crippen LogP contribution in [-0.4, -0.2) is 35.2 Å². The second kappa shape index (κ2) is 6.46. The van der Waals surface area contributed by atoms with Crippen LogP contribution in [-0.2, 0) is 5.41 Å². The molecule has 0 atom stereocenters. The zero-order valence-corrected chi connectivity index (χ0v) is 14.2. The molecule has 0 aliphatic carbocycles. The molecule has 1 heterocycles. The van der Waals surface area contributed by atoms with Gasteiger partial charge < -0.3 is 5.11 Å². The zero-order chi connectivity index (χ0) is 16.3. The van der Waals surface area contributed by atoms with Crippen molar-refractivity contribution in [1.82, 2.24) is 4.90 Å². The summed E-state index contributed by atoms with van der Waals surface area (Å²) in [5, 5.41) is 9.67. The summed E-state index contributed by atoms with van der Waals surface area (Å²) in [7, 11) is 0. The van der Waals surface area contributed by atoms with Crippen LogP contribution in [0.25, 0.3) is 0 Å². The Kier molecular flexibility index (Phi) is 4.56. The Morgan fingerprint density at radius 2 is 1.30 bits per heavy atom. The van der Waals surface area contributed by atoms with Crippen LogP contribution in [0.15, 0.2) is 60.7 Å². The van der Waals surface area contributed by atoms with E-state index in [1.165, 1.54) is 11.1 Å². The highest BCUT2D eigenvalue weighted by Crippen LogP contribution is 2.42. The van der Waals surface area contributed by atoms with E-state index in [2.05, 4.69) is 79.4 Å². The zero-order valence-electron chi connectivity index (χ0n) is 14.2. The van der Waals surface area contributed by atoms with Crippen LogP contribution in [0, 0.1) is 0 Å². The molecule has 0 bridgehead atoms. The van der Waals surface area contributed by atoms with Crippen molar-refractivity contribution in [3.8, 4) is 0 Å². The van der Waals surface area contributed by atoms with Crippen molar-refractivity contribution in [2.45, 2.75) is 37.6 Å². The molecular weight excluding hydrogens is 282 g/mol. The normalized spacial score (nSPS) is 18.7. The lowest BCUT2D eigenvalue weighted by atomic mass is 9.67. The van der Waals surface area contributed by atoms with Crippen LogP contribution in [0.4, 0.5) is 0 Å². The van der Waals surface area contributed by atoms with Gasteiger partial charge in [0.25, 0.3) is 0 Å². The molecule has 1 aliphatic rings. The number of nitrogens with zero attached hydrogens (tertiary/aromatic N) is 1. The first-order valence-corrected chi connectivity index (χ1v) is 8.55. The Balaban J connectivity index is 1.94. The Hall–Kier alpha value is -1.64. The molecule has 23 heavy (non-hydrogen) atoms. The van der Waals surface area contributed by atoms with Crippen LogP contribution in [0.5, 0.6) is 0 Å². The van der Waals surface area contributed by atoms with Gasteiger partial charge in [-0.15, -0.1) is 0 Å². The van der Waals surface area contributed by atoms with E-state index in [9.17, 15) is 5.11 Å². The Labute approximate surface area is 139 Å². The smallest absolute Gasteiger partial charge is 0.0610 e. The molecule has 2 aromatic carbocycles. The van der Waals surface area contributed by atoms with Gasteiger partial charge in [0.15, 0.2) is 0 Å². The molecule has 2 nitrogen and oxygen atoms in total. The van der Waals surface area contributed by atoms with Crippen LogP contribution >= 0.6 is 0 Å². The summed E-state index contributed by atoms with van der Waals surface area (Å²) in [4.78, 5) is 2.43. The number of rotatable bonds is 4. The second-order valence-corrected chi connectivity index (χ2v) is 7.27. The van der Waals surface area contributed by atoms with Crippen molar-refractivity contribution in [2.24, 2.45) is 0 Å². The Bertz CT molecular complexity index is 571. The first kappa shape index (κ1) is 16.2. The van der Waals surface area contributed by atoms with Gasteiger partial charge in [-0.2, -0.15) is 0 Å². The van der Waals surface area contributed by atoms with Crippen molar-refractivity contribution < 1.29 is 5.11 Å². The monoisotopic (exact) mass is 309 g/mol. The molecule has 1 aliphatic heterocycles. The summed E-state index contributed by atoms with van der Waals surface area (Å²) >= 11 is 0. The van der Waals surface area contributed by atoms with Crippen molar-refractivity contribution in [3.63, 3.8) is 0 Å². The number of benzene rings is 2. The number of hydrogen-bond donors (Lipinski definition) is 1. The molecule has 1 saturated heterocycles. The fourth-order valence-electron chi connectivity index (χ4n) is 3.85. The fraction of sp³-hybridized carbons (Fsp3) is 0.429. The second-order valence-electron chi connectivity index (χ2n) is 7.27. The highest BCUT2D eigenvalue weighted by atomic mass is 16.3. The van der Waals surface area contributed by atoms with Gasteiger partial charge in [-0.1, -0.05) is 60.7 Å². The lowest BCUT2D eigenvalue weighted by Crippen LogP contribution is -2.53. The third kappa shape index (κ3) is 3.06. The summed E-state index contributed by atoms with van der Waals surface area (Å²) in [6.45, 7) is 6.49. The molecule has 1 fully saturated rings. The van der Waals surface area contributed by atoms with Crippen LogP contribution in [0.1, 0.15) is 37.8 Å². The van der Waals surface area contributed by atoms with E-state index in [0.717, 1.165) is 25.9 Å². The third-order valence-electron chi connectivity index (χ3n) is 5.51. The van der Waals surface area contributed by atoms with Crippen LogP contribution < -0.4 is 0 Å².